The van der Waals surface area contributed by atoms with Crippen LogP contribution in [0, 0.1) is 15.9 Å². The summed E-state index contributed by atoms with van der Waals surface area (Å²) in [5.41, 5.74) is -0.599. The molecular formula is C13H12FN5O4S2. The van der Waals surface area contributed by atoms with E-state index in [-0.39, 0.29) is 17.3 Å². The van der Waals surface area contributed by atoms with Gasteiger partial charge in [0.25, 0.3) is 0 Å². The molecule has 25 heavy (non-hydrogen) atoms. The summed E-state index contributed by atoms with van der Waals surface area (Å²) in [7, 11) is 0. The van der Waals surface area contributed by atoms with Crippen LogP contribution in [0.2, 0.25) is 0 Å². The number of amides is 2. The van der Waals surface area contributed by atoms with Crippen molar-refractivity contribution >= 4 is 51.4 Å². The van der Waals surface area contributed by atoms with E-state index in [4.69, 9.17) is 0 Å². The van der Waals surface area contributed by atoms with Crippen molar-refractivity contribution < 1.29 is 18.9 Å². The maximum Gasteiger partial charge on any atom is 0.306 e. The lowest BCUT2D eigenvalue weighted by molar-refractivity contribution is -0.387. The first-order valence-electron chi connectivity index (χ1n) is 6.89. The Kier molecular flexibility index (Phi) is 6.36. The second-order valence-corrected chi connectivity index (χ2v) is 6.73. The molecule has 2 N–H and O–H groups in total. The van der Waals surface area contributed by atoms with Crippen LogP contribution in [0.5, 0.6) is 0 Å². The molecule has 0 aliphatic rings. The highest BCUT2D eigenvalue weighted by atomic mass is 32.2. The average molecular weight is 385 g/mol. The molecule has 0 aliphatic heterocycles. The largest absolute Gasteiger partial charge is 0.325 e. The van der Waals surface area contributed by atoms with Gasteiger partial charge >= 0.3 is 5.69 Å². The van der Waals surface area contributed by atoms with Gasteiger partial charge in [0, 0.05) is 18.2 Å². The fourth-order valence-corrected chi connectivity index (χ4v) is 3.15. The molecule has 0 fully saturated rings. The summed E-state index contributed by atoms with van der Waals surface area (Å²) in [4.78, 5) is 32.9. The maximum absolute atomic E-state index is 13.2. The van der Waals surface area contributed by atoms with Gasteiger partial charge in [0.1, 0.15) is 0 Å². The Bertz CT molecular complexity index is 813. The van der Waals surface area contributed by atoms with Crippen LogP contribution in [0.3, 0.4) is 0 Å². The zero-order chi connectivity index (χ0) is 18.4. The number of hydrogen-bond acceptors (Lipinski definition) is 8. The van der Waals surface area contributed by atoms with Crippen LogP contribution in [-0.2, 0) is 9.59 Å². The van der Waals surface area contributed by atoms with Crippen molar-refractivity contribution in [1.29, 1.82) is 0 Å². The summed E-state index contributed by atoms with van der Waals surface area (Å²) >= 11 is 2.21. The number of carbonyl (C=O) groups is 2. The third kappa shape index (κ3) is 5.46. The Morgan fingerprint density at radius 3 is 2.76 bits per heavy atom. The van der Waals surface area contributed by atoms with Gasteiger partial charge in [-0.05, 0) is 12.1 Å². The van der Waals surface area contributed by atoms with Gasteiger partial charge in [-0.3, -0.25) is 19.7 Å². The lowest BCUT2D eigenvalue weighted by Crippen LogP contribution is -2.14. The lowest BCUT2D eigenvalue weighted by Gasteiger charge is -2.04. The van der Waals surface area contributed by atoms with Crippen LogP contribution in [0.4, 0.5) is 20.9 Å². The molecule has 2 amide bonds. The minimum Gasteiger partial charge on any atom is -0.325 e. The molecule has 1 aromatic heterocycles. The normalized spacial score (nSPS) is 10.3. The van der Waals surface area contributed by atoms with Crippen molar-refractivity contribution in [3.63, 3.8) is 0 Å². The predicted octanol–water partition coefficient (Wildman–Crippen LogP) is 2.66. The van der Waals surface area contributed by atoms with Crippen molar-refractivity contribution in [1.82, 2.24) is 10.2 Å². The Labute approximate surface area is 149 Å². The topological polar surface area (TPSA) is 127 Å². The van der Waals surface area contributed by atoms with Crippen molar-refractivity contribution in [2.45, 2.75) is 17.7 Å². The van der Waals surface area contributed by atoms with Crippen LogP contribution < -0.4 is 10.6 Å². The van der Waals surface area contributed by atoms with Gasteiger partial charge in [0.05, 0.1) is 10.7 Å². The first-order chi connectivity index (χ1) is 11.9. The number of nitro benzene ring substituents is 1. The number of nitrogens with zero attached hydrogens (tertiary/aromatic N) is 3. The third-order valence-corrected chi connectivity index (χ3v) is 4.70. The van der Waals surface area contributed by atoms with Crippen molar-refractivity contribution in [2.75, 3.05) is 16.4 Å². The van der Waals surface area contributed by atoms with E-state index >= 15 is 0 Å². The highest BCUT2D eigenvalue weighted by Crippen LogP contribution is 2.26. The quantitative estimate of drug-likeness (QED) is 0.325. The zero-order valence-electron chi connectivity index (χ0n) is 12.8. The Morgan fingerprint density at radius 1 is 1.32 bits per heavy atom. The van der Waals surface area contributed by atoms with E-state index in [1.54, 1.807) is 6.92 Å². The number of anilines is 2. The number of nitro groups is 1. The molecular weight excluding hydrogens is 373 g/mol. The second kappa shape index (κ2) is 8.48. The fraction of sp³-hybridized carbons (Fsp3) is 0.231. The van der Waals surface area contributed by atoms with Gasteiger partial charge in [-0.15, -0.1) is 10.2 Å². The highest BCUT2D eigenvalue weighted by molar-refractivity contribution is 8.01. The molecule has 1 heterocycles. The molecule has 0 saturated heterocycles. The minimum atomic E-state index is -0.979. The first kappa shape index (κ1) is 18.7. The van der Waals surface area contributed by atoms with Crippen LogP contribution >= 0.6 is 23.1 Å². The minimum absolute atomic E-state index is 0.0263. The molecule has 12 heteroatoms. The van der Waals surface area contributed by atoms with E-state index in [1.807, 2.05) is 0 Å². The molecule has 9 nitrogen and oxygen atoms in total. The van der Waals surface area contributed by atoms with E-state index < -0.39 is 22.3 Å². The SMILES string of the molecule is CCC(=O)Nc1nnc(SCC(=O)Nc2ccc(F)c([N+](=O)[O-])c2)s1. The van der Waals surface area contributed by atoms with Gasteiger partial charge in [-0.2, -0.15) is 4.39 Å². The molecule has 0 saturated carbocycles. The van der Waals surface area contributed by atoms with Gasteiger partial charge in [-0.1, -0.05) is 30.0 Å². The average Bonchev–Trinajstić information content (AvgIpc) is 3.01. The Hall–Kier alpha value is -2.60. The number of thioether (sulfide) groups is 1. The molecule has 0 aliphatic carbocycles. The summed E-state index contributed by atoms with van der Waals surface area (Å²) < 4.78 is 13.7. The summed E-state index contributed by atoms with van der Waals surface area (Å²) in [6.45, 7) is 1.70. The first-order valence-corrected chi connectivity index (χ1v) is 8.69. The maximum atomic E-state index is 13.2. The number of rotatable bonds is 7. The Balaban J connectivity index is 1.90. The Morgan fingerprint density at radius 2 is 2.08 bits per heavy atom. The second-order valence-electron chi connectivity index (χ2n) is 4.54. The fourth-order valence-electron chi connectivity index (χ4n) is 1.58. The van der Waals surface area contributed by atoms with E-state index in [2.05, 4.69) is 20.8 Å². The van der Waals surface area contributed by atoms with Gasteiger partial charge in [0.15, 0.2) is 4.34 Å². The van der Waals surface area contributed by atoms with E-state index in [0.717, 1.165) is 35.2 Å². The number of hydrogen-bond donors (Lipinski definition) is 2. The number of nitrogens with one attached hydrogen (secondary N) is 2. The zero-order valence-corrected chi connectivity index (χ0v) is 14.4. The monoisotopic (exact) mass is 385 g/mol. The number of carbonyl (C=O) groups excluding carboxylic acids is 2. The molecule has 2 rings (SSSR count). The predicted molar refractivity (Wildman–Crippen MR) is 91.2 cm³/mol. The van der Waals surface area contributed by atoms with Crippen LogP contribution in [0.15, 0.2) is 22.5 Å². The van der Waals surface area contributed by atoms with Crippen molar-refractivity contribution in [3.05, 3.63) is 34.1 Å². The smallest absolute Gasteiger partial charge is 0.306 e. The summed E-state index contributed by atoms with van der Waals surface area (Å²) in [6.07, 6.45) is 0.314. The van der Waals surface area contributed by atoms with Gasteiger partial charge < -0.3 is 10.6 Å². The molecule has 1 aromatic carbocycles. The summed E-state index contributed by atoms with van der Waals surface area (Å²) in [6, 6.07) is 3.09. The molecule has 2 aromatic rings. The van der Waals surface area contributed by atoms with E-state index in [0.29, 0.717) is 15.9 Å². The van der Waals surface area contributed by atoms with Crippen molar-refractivity contribution in [2.24, 2.45) is 0 Å². The highest BCUT2D eigenvalue weighted by Gasteiger charge is 2.16. The number of halogens is 1. The van der Waals surface area contributed by atoms with Gasteiger partial charge in [-0.25, -0.2) is 0 Å². The van der Waals surface area contributed by atoms with Crippen LogP contribution in [-0.4, -0.2) is 32.7 Å². The van der Waals surface area contributed by atoms with Crippen LogP contribution in [0.25, 0.3) is 0 Å². The third-order valence-electron chi connectivity index (χ3n) is 2.73. The molecule has 0 radical (unpaired) electrons. The molecule has 0 spiro atoms. The van der Waals surface area contributed by atoms with Gasteiger partial charge in [0.2, 0.25) is 22.8 Å². The molecule has 0 bridgehead atoms. The van der Waals surface area contributed by atoms with E-state index in [1.165, 1.54) is 6.07 Å². The summed E-state index contributed by atoms with van der Waals surface area (Å²) in [5, 5.41) is 23.6. The standard InChI is InChI=1S/C13H12FN5O4S2/c1-2-10(20)16-12-17-18-13(25-12)24-6-11(21)15-7-3-4-8(14)9(5-7)19(22)23/h3-5H,2,6H2,1H3,(H,15,21)(H,16,17,20). The van der Waals surface area contributed by atoms with Crippen LogP contribution in [0.1, 0.15) is 13.3 Å². The molecule has 0 atom stereocenters. The summed E-state index contributed by atoms with van der Waals surface area (Å²) in [5.74, 6) is -1.64. The number of aromatic nitrogens is 2. The van der Waals surface area contributed by atoms with E-state index in [9.17, 15) is 24.1 Å². The lowest BCUT2D eigenvalue weighted by atomic mass is 10.2. The molecule has 132 valence electrons. The number of benzene rings is 1. The van der Waals surface area contributed by atoms with Crippen molar-refractivity contribution in [3.8, 4) is 0 Å². The molecule has 0 unspecified atom stereocenters.